The maximum Gasteiger partial charge on any atom is 0.332 e. The fraction of sp³-hybridized carbons (Fsp3) is 0.208. The lowest BCUT2D eigenvalue weighted by Gasteiger charge is -2.52. The summed E-state index contributed by atoms with van der Waals surface area (Å²) in [5.41, 5.74) is 4.65. The maximum atomic E-state index is 14.1. The van der Waals surface area contributed by atoms with Crippen LogP contribution in [0.5, 0.6) is 0 Å². The van der Waals surface area contributed by atoms with Crippen molar-refractivity contribution in [1.29, 1.82) is 0 Å². The number of nitrogens with zero attached hydrogens (tertiary/aromatic N) is 3. The van der Waals surface area contributed by atoms with Crippen LogP contribution in [0.15, 0.2) is 65.5 Å². The Balaban J connectivity index is 1.93. The highest BCUT2D eigenvalue weighted by molar-refractivity contribution is 6.20. The summed E-state index contributed by atoms with van der Waals surface area (Å²) in [7, 11) is 2.67. The standard InChI is InChI=1S/C24H22N6O4/c1-29-20(32)24(21(33)30(2)23(29)34)16(13-9-5-3-6-10-13)15-18(27-22(25)28-19(15)31)26-17(24)14-11-7-4-8-12-14/h3-12,16-17H,1-2H3,(H4,25,26,27,28,31)/t16-,17+/m1/s1. The number of imide groups is 2. The van der Waals surface area contributed by atoms with E-state index in [2.05, 4.69) is 15.3 Å². The first-order chi connectivity index (χ1) is 16.3. The zero-order valence-electron chi connectivity index (χ0n) is 18.5. The lowest BCUT2D eigenvalue weighted by molar-refractivity contribution is -0.160. The number of carbonyl (C=O) groups is 3. The van der Waals surface area contributed by atoms with Gasteiger partial charge in [0.1, 0.15) is 5.82 Å². The van der Waals surface area contributed by atoms with E-state index in [0.29, 0.717) is 11.1 Å². The molecular formula is C24H22N6O4. The van der Waals surface area contributed by atoms with E-state index in [-0.39, 0.29) is 17.3 Å². The third-order valence-electron chi connectivity index (χ3n) is 6.61. The molecule has 0 aliphatic carbocycles. The van der Waals surface area contributed by atoms with Crippen LogP contribution in [0, 0.1) is 5.41 Å². The number of hydrogen-bond donors (Lipinski definition) is 3. The number of amides is 4. The fourth-order valence-electron chi connectivity index (χ4n) is 5.13. The van der Waals surface area contributed by atoms with Gasteiger partial charge in [-0.15, -0.1) is 0 Å². The largest absolute Gasteiger partial charge is 0.369 e. The summed E-state index contributed by atoms with van der Waals surface area (Å²) in [6.45, 7) is 0. The minimum absolute atomic E-state index is 0.100. The summed E-state index contributed by atoms with van der Waals surface area (Å²) in [4.78, 5) is 62.8. The Bertz CT molecular complexity index is 1350. The van der Waals surface area contributed by atoms with E-state index in [4.69, 9.17) is 5.73 Å². The average molecular weight is 458 g/mol. The average Bonchev–Trinajstić information content (AvgIpc) is 2.85. The smallest absolute Gasteiger partial charge is 0.332 e. The number of urea groups is 1. The Hall–Kier alpha value is -4.47. The van der Waals surface area contributed by atoms with E-state index in [1.54, 1.807) is 54.6 Å². The van der Waals surface area contributed by atoms with Gasteiger partial charge in [0.15, 0.2) is 5.41 Å². The molecule has 1 aromatic heterocycles. The van der Waals surface area contributed by atoms with Crippen LogP contribution in [-0.4, -0.2) is 51.7 Å². The maximum absolute atomic E-state index is 14.1. The highest BCUT2D eigenvalue weighted by Crippen LogP contribution is 2.57. The molecule has 4 amide bonds. The second-order valence-electron chi connectivity index (χ2n) is 8.43. The van der Waals surface area contributed by atoms with E-state index in [1.165, 1.54) is 14.1 Å². The van der Waals surface area contributed by atoms with Gasteiger partial charge in [-0.05, 0) is 11.1 Å². The molecule has 10 heteroatoms. The molecule has 3 heterocycles. The Morgan fingerprint density at radius 3 is 1.94 bits per heavy atom. The highest BCUT2D eigenvalue weighted by Gasteiger charge is 2.67. The van der Waals surface area contributed by atoms with Gasteiger partial charge in [0.2, 0.25) is 17.8 Å². The molecule has 1 spiro atoms. The molecule has 10 nitrogen and oxygen atoms in total. The molecule has 34 heavy (non-hydrogen) atoms. The topological polar surface area (TPSA) is 141 Å². The molecule has 172 valence electrons. The summed E-state index contributed by atoms with van der Waals surface area (Å²) in [6.07, 6.45) is 0. The van der Waals surface area contributed by atoms with E-state index in [0.717, 1.165) is 9.80 Å². The van der Waals surface area contributed by atoms with Crippen molar-refractivity contribution in [1.82, 2.24) is 19.8 Å². The monoisotopic (exact) mass is 458 g/mol. The number of barbiturate groups is 1. The molecular weight excluding hydrogens is 436 g/mol. The number of anilines is 2. The number of nitrogens with two attached hydrogens (primary N) is 1. The highest BCUT2D eigenvalue weighted by atomic mass is 16.2. The zero-order valence-corrected chi connectivity index (χ0v) is 18.5. The predicted molar refractivity (Wildman–Crippen MR) is 124 cm³/mol. The number of hydrogen-bond acceptors (Lipinski definition) is 7. The van der Waals surface area contributed by atoms with Gasteiger partial charge in [0.05, 0.1) is 11.6 Å². The lowest BCUT2D eigenvalue weighted by Crippen LogP contribution is -2.69. The molecule has 2 aliphatic rings. The van der Waals surface area contributed by atoms with Crippen LogP contribution < -0.4 is 16.6 Å². The lowest BCUT2D eigenvalue weighted by atomic mass is 9.59. The zero-order chi connectivity index (χ0) is 24.2. The molecule has 0 unspecified atom stereocenters. The molecule has 5 rings (SSSR count). The summed E-state index contributed by atoms with van der Waals surface area (Å²) in [5.74, 6) is -2.39. The van der Waals surface area contributed by atoms with E-state index < -0.39 is 40.8 Å². The second kappa shape index (κ2) is 7.55. The first-order valence-electron chi connectivity index (χ1n) is 10.6. The first kappa shape index (κ1) is 21.4. The normalized spacial score (nSPS) is 21.4. The van der Waals surface area contributed by atoms with E-state index >= 15 is 0 Å². The summed E-state index contributed by atoms with van der Waals surface area (Å²) in [6, 6.07) is 16.1. The molecule has 1 fully saturated rings. The fourth-order valence-corrected chi connectivity index (χ4v) is 5.13. The van der Waals surface area contributed by atoms with Gasteiger partial charge in [0.25, 0.3) is 5.56 Å². The van der Waals surface area contributed by atoms with Crippen molar-refractivity contribution in [3.63, 3.8) is 0 Å². The second-order valence-corrected chi connectivity index (χ2v) is 8.43. The van der Waals surface area contributed by atoms with Crippen molar-refractivity contribution in [3.05, 3.63) is 87.7 Å². The first-order valence-corrected chi connectivity index (χ1v) is 10.6. The van der Waals surface area contributed by atoms with Gasteiger partial charge in [-0.3, -0.25) is 29.2 Å². The number of fused-ring (bicyclic) bond motifs is 1. The summed E-state index contributed by atoms with van der Waals surface area (Å²) >= 11 is 0. The Morgan fingerprint density at radius 1 is 0.853 bits per heavy atom. The number of H-pyrrole nitrogens is 1. The quantitative estimate of drug-likeness (QED) is 0.496. The number of benzene rings is 2. The van der Waals surface area contributed by atoms with Crippen LogP contribution in [-0.2, 0) is 9.59 Å². The third-order valence-corrected chi connectivity index (χ3v) is 6.61. The van der Waals surface area contributed by atoms with Gasteiger partial charge in [-0.25, -0.2) is 4.79 Å². The minimum Gasteiger partial charge on any atom is -0.369 e. The van der Waals surface area contributed by atoms with Crippen molar-refractivity contribution < 1.29 is 14.4 Å². The molecule has 0 radical (unpaired) electrons. The van der Waals surface area contributed by atoms with Crippen molar-refractivity contribution in [2.45, 2.75) is 12.0 Å². The van der Waals surface area contributed by atoms with E-state index in [1.807, 2.05) is 6.07 Å². The molecule has 4 N–H and O–H groups in total. The summed E-state index contributed by atoms with van der Waals surface area (Å²) in [5, 5.41) is 3.15. The van der Waals surface area contributed by atoms with Gasteiger partial charge < -0.3 is 11.1 Å². The van der Waals surface area contributed by atoms with Gasteiger partial charge in [-0.2, -0.15) is 4.98 Å². The van der Waals surface area contributed by atoms with Gasteiger partial charge >= 0.3 is 6.03 Å². The molecule has 0 saturated carbocycles. The van der Waals surface area contributed by atoms with E-state index in [9.17, 15) is 19.2 Å². The molecule has 2 atom stereocenters. The van der Waals surface area contributed by atoms with Crippen LogP contribution >= 0.6 is 0 Å². The van der Waals surface area contributed by atoms with Crippen LogP contribution in [0.25, 0.3) is 0 Å². The van der Waals surface area contributed by atoms with Crippen molar-refractivity contribution in [3.8, 4) is 0 Å². The minimum atomic E-state index is -1.89. The molecule has 3 aromatic rings. The van der Waals surface area contributed by atoms with Crippen LogP contribution in [0.3, 0.4) is 0 Å². The molecule has 2 aliphatic heterocycles. The van der Waals surface area contributed by atoms with Gasteiger partial charge in [0, 0.05) is 20.0 Å². The number of nitrogen functional groups attached to an aromatic ring is 1. The number of rotatable bonds is 2. The van der Waals surface area contributed by atoms with Crippen LogP contribution in [0.2, 0.25) is 0 Å². The van der Waals surface area contributed by atoms with Crippen molar-refractivity contribution in [2.24, 2.45) is 5.41 Å². The van der Waals surface area contributed by atoms with Gasteiger partial charge in [-0.1, -0.05) is 60.7 Å². The number of aromatic nitrogens is 2. The van der Waals surface area contributed by atoms with Crippen molar-refractivity contribution in [2.75, 3.05) is 25.1 Å². The summed E-state index contributed by atoms with van der Waals surface area (Å²) < 4.78 is 0. The molecule has 2 aromatic carbocycles. The number of carbonyl (C=O) groups excluding carboxylic acids is 3. The Kier molecular flexibility index (Phi) is 4.75. The predicted octanol–water partition coefficient (Wildman–Crippen LogP) is 1.69. The van der Waals surface area contributed by atoms with Crippen molar-refractivity contribution >= 4 is 29.6 Å². The van der Waals surface area contributed by atoms with Crippen LogP contribution in [0.1, 0.15) is 28.7 Å². The third kappa shape index (κ3) is 2.78. The Labute approximate surface area is 194 Å². The van der Waals surface area contributed by atoms with Crippen LogP contribution in [0.4, 0.5) is 16.6 Å². The number of nitrogens with one attached hydrogen (secondary N) is 2. The number of aromatic amines is 1. The molecule has 1 saturated heterocycles. The molecule has 0 bridgehead atoms. The SMILES string of the molecule is CN1C(=O)N(C)C(=O)C2(C1=O)[C@H](c1ccccc1)c1c(nc(N)[nH]c1=O)N[C@H]2c1ccccc1. The Morgan fingerprint density at radius 2 is 1.38 bits per heavy atom.